The van der Waals surface area contributed by atoms with Gasteiger partial charge in [-0.1, -0.05) is 127 Å². The Morgan fingerprint density at radius 2 is 1.00 bits per heavy atom. The molecule has 0 bridgehead atoms. The van der Waals surface area contributed by atoms with Crippen LogP contribution in [0.4, 0.5) is 0 Å². The van der Waals surface area contributed by atoms with Gasteiger partial charge in [0.05, 0.1) is 5.97 Å². The van der Waals surface area contributed by atoms with Crippen molar-refractivity contribution in [1.29, 1.82) is 0 Å². The maximum Gasteiger partial charge on any atom is 2.00 e. The minimum absolute atomic E-state index is 0. The van der Waals surface area contributed by atoms with E-state index < -0.39 is 11.9 Å². The van der Waals surface area contributed by atoms with E-state index in [1.807, 2.05) is 0 Å². The second kappa shape index (κ2) is 24.1. The van der Waals surface area contributed by atoms with Crippen LogP contribution in [0.5, 0.6) is 0 Å². The maximum atomic E-state index is 10.2. The van der Waals surface area contributed by atoms with Crippen molar-refractivity contribution in [1.82, 2.24) is 0 Å². The van der Waals surface area contributed by atoms with Gasteiger partial charge in [0.25, 0.3) is 0 Å². The van der Waals surface area contributed by atoms with Crippen LogP contribution in [0.15, 0.2) is 30.3 Å². The normalized spacial score (nSPS) is 9.90. The van der Waals surface area contributed by atoms with E-state index in [1.165, 1.54) is 95.6 Å². The molecule has 30 heavy (non-hydrogen) atoms. The SMILES string of the molecule is CCCCCCCCCCCCCCCCCC(=O)[O-].O=C([O-])c1ccccc1.[Zn+2]. The average Bonchev–Trinajstić information content (AvgIpc) is 2.72. The molecule has 0 aliphatic heterocycles. The van der Waals surface area contributed by atoms with E-state index in [4.69, 9.17) is 0 Å². The number of carboxylic acid groups (broad SMARTS) is 2. The molecule has 0 N–H and O–H groups in total. The molecule has 0 aromatic heterocycles. The number of hydrogen-bond donors (Lipinski definition) is 0. The van der Waals surface area contributed by atoms with Crippen LogP contribution in [0.2, 0.25) is 0 Å². The van der Waals surface area contributed by atoms with Gasteiger partial charge < -0.3 is 19.8 Å². The zero-order valence-corrected chi connectivity index (χ0v) is 22.0. The monoisotopic (exact) mass is 468 g/mol. The summed E-state index contributed by atoms with van der Waals surface area (Å²) in [5.41, 5.74) is 0.220. The molecule has 0 heterocycles. The molecule has 0 amide bonds. The van der Waals surface area contributed by atoms with Crippen molar-refractivity contribution in [3.05, 3.63) is 35.9 Å². The first-order valence-electron chi connectivity index (χ1n) is 11.5. The van der Waals surface area contributed by atoms with Crippen molar-refractivity contribution in [2.75, 3.05) is 0 Å². The molecule has 0 saturated heterocycles. The van der Waals surface area contributed by atoms with Gasteiger partial charge >= 0.3 is 19.5 Å². The Hall–Kier alpha value is -1.22. The third kappa shape index (κ3) is 23.1. The second-order valence-electron chi connectivity index (χ2n) is 7.73. The minimum atomic E-state index is -1.13. The van der Waals surface area contributed by atoms with Crippen molar-refractivity contribution >= 4 is 11.9 Å². The number of rotatable bonds is 17. The topological polar surface area (TPSA) is 80.3 Å². The van der Waals surface area contributed by atoms with Gasteiger partial charge in [0.1, 0.15) is 0 Å². The molecule has 0 aliphatic rings. The summed E-state index contributed by atoms with van der Waals surface area (Å²) in [6.45, 7) is 2.27. The van der Waals surface area contributed by atoms with Crippen molar-refractivity contribution in [3.8, 4) is 0 Å². The molecule has 0 spiro atoms. The molecule has 4 nitrogen and oxygen atoms in total. The van der Waals surface area contributed by atoms with Gasteiger partial charge in [0.2, 0.25) is 0 Å². The Labute approximate surface area is 196 Å². The molecule has 0 fully saturated rings. The van der Waals surface area contributed by atoms with Crippen molar-refractivity contribution in [2.45, 2.75) is 110 Å². The molecular weight excluding hydrogens is 430 g/mol. The summed E-state index contributed by atoms with van der Waals surface area (Å²) in [5, 5.41) is 20.3. The molecule has 0 aliphatic carbocycles. The number of hydrogen-bond acceptors (Lipinski definition) is 4. The molecule has 166 valence electrons. The van der Waals surface area contributed by atoms with Gasteiger partial charge in [-0.05, 0) is 18.4 Å². The second-order valence-corrected chi connectivity index (χ2v) is 7.73. The summed E-state index contributed by atoms with van der Waals surface area (Å²) in [6.07, 6.45) is 19.9. The third-order valence-corrected chi connectivity index (χ3v) is 4.99. The molecule has 5 heteroatoms. The molecular formula is C25H40O4Zn. The number of aromatic carboxylic acids is 1. The molecule has 1 aromatic rings. The molecule has 0 atom stereocenters. The summed E-state index contributed by atoms with van der Waals surface area (Å²) in [7, 11) is 0. The number of carbonyl (C=O) groups is 2. The number of carbonyl (C=O) groups excluding carboxylic acids is 2. The van der Waals surface area contributed by atoms with Gasteiger partial charge in [-0.2, -0.15) is 0 Å². The van der Waals surface area contributed by atoms with Crippen LogP contribution in [-0.2, 0) is 24.3 Å². The molecule has 0 saturated carbocycles. The Kier molecular flexibility index (Phi) is 24.8. The van der Waals surface area contributed by atoms with Gasteiger partial charge in [0, 0.05) is 5.97 Å². The standard InChI is InChI=1S/C18H36O2.C7H6O2.Zn/c1-2-3-4-5-6-7-8-9-10-11-12-13-14-15-16-17-18(19)20;8-7(9)6-4-2-1-3-5-6;/h2-17H2,1H3,(H,19,20);1-5H,(H,8,9);/q;;+2/p-2. The van der Waals surface area contributed by atoms with Crippen molar-refractivity contribution < 1.29 is 39.3 Å². The summed E-state index contributed by atoms with van der Waals surface area (Å²) >= 11 is 0. The van der Waals surface area contributed by atoms with Gasteiger partial charge in [-0.25, -0.2) is 0 Å². The number of carboxylic acids is 2. The quantitative estimate of drug-likeness (QED) is 0.236. The first kappa shape index (κ1) is 31.0. The third-order valence-electron chi connectivity index (χ3n) is 4.99. The predicted molar refractivity (Wildman–Crippen MR) is 115 cm³/mol. The number of aliphatic carboxylic acids is 1. The van der Waals surface area contributed by atoms with Crippen LogP contribution in [0.25, 0.3) is 0 Å². The van der Waals surface area contributed by atoms with E-state index in [1.54, 1.807) is 18.2 Å². The molecule has 0 radical (unpaired) electrons. The summed E-state index contributed by atoms with van der Waals surface area (Å²) in [4.78, 5) is 20.3. The van der Waals surface area contributed by atoms with Gasteiger partial charge in [-0.3, -0.25) is 0 Å². The fraction of sp³-hybridized carbons (Fsp3) is 0.680. The van der Waals surface area contributed by atoms with E-state index in [0.29, 0.717) is 0 Å². The Morgan fingerprint density at radius 3 is 1.30 bits per heavy atom. The zero-order chi connectivity index (χ0) is 21.6. The van der Waals surface area contributed by atoms with E-state index in [2.05, 4.69) is 6.92 Å². The number of benzene rings is 1. The number of unbranched alkanes of at least 4 members (excludes halogenated alkanes) is 14. The van der Waals surface area contributed by atoms with Crippen LogP contribution in [-0.4, -0.2) is 11.9 Å². The van der Waals surface area contributed by atoms with Crippen LogP contribution in [0, 0.1) is 0 Å². The summed E-state index contributed by atoms with van der Waals surface area (Å²) in [5.74, 6) is -2.03. The van der Waals surface area contributed by atoms with Crippen LogP contribution in [0.1, 0.15) is 120 Å². The van der Waals surface area contributed by atoms with Gasteiger partial charge in [0.15, 0.2) is 0 Å². The molecule has 1 aromatic carbocycles. The largest absolute Gasteiger partial charge is 2.00 e. The fourth-order valence-electron chi connectivity index (χ4n) is 3.21. The Morgan fingerprint density at radius 1 is 0.633 bits per heavy atom. The maximum absolute atomic E-state index is 10.2. The van der Waals surface area contributed by atoms with Gasteiger partial charge in [-0.15, -0.1) is 0 Å². The van der Waals surface area contributed by atoms with Crippen LogP contribution in [0.3, 0.4) is 0 Å². The fourth-order valence-corrected chi connectivity index (χ4v) is 3.21. The van der Waals surface area contributed by atoms with E-state index in [0.717, 1.165) is 12.8 Å². The van der Waals surface area contributed by atoms with E-state index in [9.17, 15) is 19.8 Å². The zero-order valence-electron chi connectivity index (χ0n) is 19.0. The predicted octanol–water partition coefficient (Wildman–Crippen LogP) is 5.05. The van der Waals surface area contributed by atoms with Crippen molar-refractivity contribution in [3.63, 3.8) is 0 Å². The smallest absolute Gasteiger partial charge is 0.550 e. The van der Waals surface area contributed by atoms with Crippen LogP contribution >= 0.6 is 0 Å². The van der Waals surface area contributed by atoms with E-state index >= 15 is 0 Å². The van der Waals surface area contributed by atoms with Crippen molar-refractivity contribution in [2.24, 2.45) is 0 Å². The summed E-state index contributed by atoms with van der Waals surface area (Å²) < 4.78 is 0. The Bertz CT molecular complexity index is 505. The molecule has 0 unspecified atom stereocenters. The first-order chi connectivity index (χ1) is 14.1. The Balaban J connectivity index is 0. The van der Waals surface area contributed by atoms with Crippen LogP contribution < -0.4 is 10.2 Å². The first-order valence-corrected chi connectivity index (χ1v) is 11.5. The summed E-state index contributed by atoms with van der Waals surface area (Å²) in [6, 6.07) is 8.06. The average molecular weight is 470 g/mol. The van der Waals surface area contributed by atoms with E-state index in [-0.39, 0.29) is 31.5 Å². The molecule has 1 rings (SSSR count). The minimum Gasteiger partial charge on any atom is -0.550 e.